The molecule has 102 valence electrons. The summed E-state index contributed by atoms with van der Waals surface area (Å²) in [6.07, 6.45) is 3.22. The molecule has 5 heteroatoms. The van der Waals surface area contributed by atoms with Gasteiger partial charge in [0.05, 0.1) is 12.8 Å². The van der Waals surface area contributed by atoms with E-state index in [4.69, 9.17) is 14.9 Å². The smallest absolute Gasteiger partial charge is 0.198 e. The molecule has 0 spiro atoms. The van der Waals surface area contributed by atoms with E-state index in [-0.39, 0.29) is 0 Å². The van der Waals surface area contributed by atoms with Crippen molar-refractivity contribution in [1.29, 1.82) is 0 Å². The van der Waals surface area contributed by atoms with E-state index in [1.165, 1.54) is 0 Å². The Labute approximate surface area is 116 Å². The van der Waals surface area contributed by atoms with Crippen LogP contribution < -0.4 is 10.5 Å². The quantitative estimate of drug-likeness (QED) is 0.737. The highest BCUT2D eigenvalue weighted by Crippen LogP contribution is 2.23. The van der Waals surface area contributed by atoms with Crippen LogP contribution in [0.3, 0.4) is 0 Å². The predicted molar refractivity (Wildman–Crippen MR) is 76.6 cm³/mol. The van der Waals surface area contributed by atoms with Crippen molar-refractivity contribution in [3.63, 3.8) is 0 Å². The van der Waals surface area contributed by atoms with Gasteiger partial charge < -0.3 is 14.9 Å². The average Bonchev–Trinajstić information content (AvgIpc) is 2.88. The first-order chi connectivity index (χ1) is 9.76. The van der Waals surface area contributed by atoms with Crippen molar-refractivity contribution < 1.29 is 9.15 Å². The second-order valence-corrected chi connectivity index (χ2v) is 4.51. The minimum atomic E-state index is 0.643. The van der Waals surface area contributed by atoms with Gasteiger partial charge in [0.1, 0.15) is 5.75 Å². The number of anilines is 1. The van der Waals surface area contributed by atoms with E-state index >= 15 is 0 Å². The Kier molecular flexibility index (Phi) is 3.25. The lowest BCUT2D eigenvalue weighted by atomic mass is 10.1. The number of benzene rings is 1. The molecule has 0 bridgehead atoms. The lowest BCUT2D eigenvalue weighted by molar-refractivity contribution is 0.417. The van der Waals surface area contributed by atoms with Crippen LogP contribution in [-0.2, 0) is 12.8 Å². The van der Waals surface area contributed by atoms with Gasteiger partial charge in [0.15, 0.2) is 17.1 Å². The van der Waals surface area contributed by atoms with Gasteiger partial charge in [0.25, 0.3) is 0 Å². The third-order valence-corrected chi connectivity index (χ3v) is 3.13. The second-order valence-electron chi connectivity index (χ2n) is 4.51. The van der Waals surface area contributed by atoms with Crippen LogP contribution in [0.5, 0.6) is 5.75 Å². The molecule has 5 nitrogen and oxygen atoms in total. The highest BCUT2D eigenvalue weighted by Gasteiger charge is 2.07. The molecule has 0 saturated heterocycles. The number of nitrogens with two attached hydrogens (primary N) is 1. The van der Waals surface area contributed by atoms with E-state index in [9.17, 15) is 0 Å². The molecule has 2 heterocycles. The topological polar surface area (TPSA) is 74.2 Å². The molecule has 3 rings (SSSR count). The number of aryl methyl sites for hydroxylation is 2. The summed E-state index contributed by atoms with van der Waals surface area (Å²) in [7, 11) is 1.61. The number of aromatic nitrogens is 2. The average molecular weight is 269 g/mol. The molecule has 0 amide bonds. The number of rotatable bonds is 4. The number of hydrogen-bond acceptors (Lipinski definition) is 5. The lowest BCUT2D eigenvalue weighted by Crippen LogP contribution is -1.96. The van der Waals surface area contributed by atoms with Gasteiger partial charge >= 0.3 is 0 Å². The van der Waals surface area contributed by atoms with Gasteiger partial charge in [-0.05, 0) is 36.2 Å². The zero-order chi connectivity index (χ0) is 13.9. The van der Waals surface area contributed by atoms with E-state index in [0.29, 0.717) is 29.4 Å². The summed E-state index contributed by atoms with van der Waals surface area (Å²) in [6.45, 7) is 0. The first-order valence-electron chi connectivity index (χ1n) is 6.39. The molecular weight excluding hydrogens is 254 g/mol. The molecule has 0 fully saturated rings. The first kappa shape index (κ1) is 12.5. The summed E-state index contributed by atoms with van der Waals surface area (Å²) in [6, 6.07) is 9.49. The van der Waals surface area contributed by atoms with Gasteiger partial charge in [-0.3, -0.25) is 0 Å². The SMILES string of the molecule is COc1ccc(CCc2nc3ncccc3o2)cc1N. The minimum Gasteiger partial charge on any atom is -0.495 e. The van der Waals surface area contributed by atoms with Crippen LogP contribution in [0.25, 0.3) is 11.2 Å². The van der Waals surface area contributed by atoms with Crippen LogP contribution in [0.1, 0.15) is 11.5 Å². The van der Waals surface area contributed by atoms with Crippen molar-refractivity contribution in [3.05, 3.63) is 48.0 Å². The molecule has 0 radical (unpaired) electrons. The Morgan fingerprint density at radius 2 is 2.15 bits per heavy atom. The molecule has 1 aromatic carbocycles. The fourth-order valence-corrected chi connectivity index (χ4v) is 2.11. The molecule has 2 N–H and O–H groups in total. The molecule has 0 atom stereocenters. The number of hydrogen-bond donors (Lipinski definition) is 1. The van der Waals surface area contributed by atoms with E-state index < -0.39 is 0 Å². The number of oxazole rings is 1. The summed E-state index contributed by atoms with van der Waals surface area (Å²) in [5, 5.41) is 0. The van der Waals surface area contributed by atoms with Crippen LogP contribution in [0.15, 0.2) is 40.9 Å². The number of nitrogens with zero attached hydrogens (tertiary/aromatic N) is 2. The van der Waals surface area contributed by atoms with E-state index in [1.54, 1.807) is 13.3 Å². The van der Waals surface area contributed by atoms with Crippen LogP contribution >= 0.6 is 0 Å². The molecule has 2 aromatic heterocycles. The molecule has 0 aliphatic rings. The van der Waals surface area contributed by atoms with Crippen LogP contribution in [-0.4, -0.2) is 17.1 Å². The van der Waals surface area contributed by atoms with Gasteiger partial charge in [0.2, 0.25) is 0 Å². The maximum atomic E-state index is 5.89. The van der Waals surface area contributed by atoms with Gasteiger partial charge in [-0.1, -0.05) is 6.07 Å². The normalized spacial score (nSPS) is 10.8. The first-order valence-corrected chi connectivity index (χ1v) is 6.39. The maximum absolute atomic E-state index is 5.89. The van der Waals surface area contributed by atoms with Crippen molar-refractivity contribution in [2.75, 3.05) is 12.8 Å². The van der Waals surface area contributed by atoms with Gasteiger partial charge in [-0.2, -0.15) is 4.98 Å². The van der Waals surface area contributed by atoms with Crippen molar-refractivity contribution in [1.82, 2.24) is 9.97 Å². The van der Waals surface area contributed by atoms with Crippen LogP contribution in [0, 0.1) is 0 Å². The van der Waals surface area contributed by atoms with Gasteiger partial charge in [-0.25, -0.2) is 4.98 Å². The molecule has 0 unspecified atom stereocenters. The van der Waals surface area contributed by atoms with Crippen molar-refractivity contribution >= 4 is 16.9 Å². The fraction of sp³-hybridized carbons (Fsp3) is 0.200. The van der Waals surface area contributed by atoms with E-state index in [1.807, 2.05) is 30.3 Å². The molecule has 0 saturated carbocycles. The Bertz CT molecular complexity index is 704. The standard InChI is InChI=1S/C15H15N3O2/c1-19-12-6-4-10(9-11(12)16)5-7-14-18-15-13(20-14)3-2-8-17-15/h2-4,6,8-9H,5,7,16H2,1H3. The van der Waals surface area contributed by atoms with E-state index in [0.717, 1.165) is 17.6 Å². The van der Waals surface area contributed by atoms with Crippen molar-refractivity contribution in [2.24, 2.45) is 0 Å². The molecule has 3 aromatic rings. The highest BCUT2D eigenvalue weighted by atomic mass is 16.5. The molecule has 20 heavy (non-hydrogen) atoms. The van der Waals surface area contributed by atoms with Crippen molar-refractivity contribution in [3.8, 4) is 5.75 Å². The molecule has 0 aliphatic carbocycles. The third kappa shape index (κ3) is 2.42. The Hall–Kier alpha value is -2.56. The highest BCUT2D eigenvalue weighted by molar-refractivity contribution is 5.66. The summed E-state index contributed by atoms with van der Waals surface area (Å²) in [5.41, 5.74) is 9.02. The summed E-state index contributed by atoms with van der Waals surface area (Å²) < 4.78 is 10.8. The number of ether oxygens (including phenoxy) is 1. The summed E-state index contributed by atoms with van der Waals surface area (Å²) in [5.74, 6) is 1.38. The number of nitrogen functional groups attached to an aromatic ring is 1. The number of pyridine rings is 1. The van der Waals surface area contributed by atoms with Gasteiger partial charge in [0, 0.05) is 12.6 Å². The lowest BCUT2D eigenvalue weighted by Gasteiger charge is -2.06. The zero-order valence-electron chi connectivity index (χ0n) is 11.2. The number of methoxy groups -OCH3 is 1. The summed E-state index contributed by atoms with van der Waals surface area (Å²) in [4.78, 5) is 8.50. The monoisotopic (exact) mass is 269 g/mol. The third-order valence-electron chi connectivity index (χ3n) is 3.13. The molecular formula is C15H15N3O2. The Morgan fingerprint density at radius 1 is 1.25 bits per heavy atom. The largest absolute Gasteiger partial charge is 0.495 e. The van der Waals surface area contributed by atoms with Crippen molar-refractivity contribution in [2.45, 2.75) is 12.8 Å². The van der Waals surface area contributed by atoms with Crippen LogP contribution in [0.2, 0.25) is 0 Å². The Balaban J connectivity index is 1.74. The Morgan fingerprint density at radius 3 is 2.90 bits per heavy atom. The number of fused-ring (bicyclic) bond motifs is 1. The van der Waals surface area contributed by atoms with Crippen LogP contribution in [0.4, 0.5) is 5.69 Å². The fourth-order valence-electron chi connectivity index (χ4n) is 2.11. The zero-order valence-corrected chi connectivity index (χ0v) is 11.2. The minimum absolute atomic E-state index is 0.643. The second kappa shape index (κ2) is 5.21. The molecule has 0 aliphatic heterocycles. The maximum Gasteiger partial charge on any atom is 0.198 e. The van der Waals surface area contributed by atoms with Gasteiger partial charge in [-0.15, -0.1) is 0 Å². The summed E-state index contributed by atoms with van der Waals surface area (Å²) >= 11 is 0. The predicted octanol–water partition coefficient (Wildman–Crippen LogP) is 2.60. The van der Waals surface area contributed by atoms with E-state index in [2.05, 4.69) is 9.97 Å².